The summed E-state index contributed by atoms with van der Waals surface area (Å²) in [6, 6.07) is 8.75. The SMILES string of the molecule is Cc1cccc(OCCN2CCCC(C)C2CN)c1. The molecule has 3 heteroatoms. The van der Waals surface area contributed by atoms with E-state index in [2.05, 4.69) is 30.9 Å². The normalized spacial score (nSPS) is 24.4. The molecule has 1 saturated heterocycles. The number of hydrogen-bond acceptors (Lipinski definition) is 3. The minimum Gasteiger partial charge on any atom is -0.492 e. The highest BCUT2D eigenvalue weighted by atomic mass is 16.5. The van der Waals surface area contributed by atoms with Gasteiger partial charge in [0.25, 0.3) is 0 Å². The number of benzene rings is 1. The first-order valence-electron chi connectivity index (χ1n) is 7.34. The van der Waals surface area contributed by atoms with Gasteiger partial charge in [0.1, 0.15) is 12.4 Å². The van der Waals surface area contributed by atoms with Crippen LogP contribution >= 0.6 is 0 Å². The van der Waals surface area contributed by atoms with E-state index in [1.807, 2.05) is 12.1 Å². The highest BCUT2D eigenvalue weighted by Crippen LogP contribution is 2.22. The van der Waals surface area contributed by atoms with Gasteiger partial charge in [0, 0.05) is 19.1 Å². The smallest absolute Gasteiger partial charge is 0.119 e. The van der Waals surface area contributed by atoms with Gasteiger partial charge in [-0.15, -0.1) is 0 Å². The van der Waals surface area contributed by atoms with E-state index in [-0.39, 0.29) is 0 Å². The van der Waals surface area contributed by atoms with E-state index in [0.717, 1.165) is 32.0 Å². The van der Waals surface area contributed by atoms with Gasteiger partial charge in [-0.25, -0.2) is 0 Å². The monoisotopic (exact) mass is 262 g/mol. The van der Waals surface area contributed by atoms with Crippen molar-refractivity contribution in [3.05, 3.63) is 29.8 Å². The molecule has 3 nitrogen and oxygen atoms in total. The lowest BCUT2D eigenvalue weighted by Gasteiger charge is -2.39. The zero-order valence-corrected chi connectivity index (χ0v) is 12.1. The lowest BCUT2D eigenvalue weighted by atomic mass is 9.91. The predicted octanol–water partition coefficient (Wildman–Crippen LogP) is 2.43. The third-order valence-corrected chi connectivity index (χ3v) is 4.11. The Morgan fingerprint density at radius 1 is 1.42 bits per heavy atom. The summed E-state index contributed by atoms with van der Waals surface area (Å²) in [5.41, 5.74) is 7.14. The largest absolute Gasteiger partial charge is 0.492 e. The first kappa shape index (κ1) is 14.4. The number of hydrogen-bond donors (Lipinski definition) is 1. The lowest BCUT2D eigenvalue weighted by Crippen LogP contribution is -2.49. The number of nitrogens with zero attached hydrogens (tertiary/aromatic N) is 1. The fraction of sp³-hybridized carbons (Fsp3) is 0.625. The Kier molecular flexibility index (Phi) is 5.23. The molecule has 1 aromatic carbocycles. The Balaban J connectivity index is 1.81. The summed E-state index contributed by atoms with van der Waals surface area (Å²) >= 11 is 0. The molecule has 1 heterocycles. The number of likely N-dealkylation sites (tertiary alicyclic amines) is 1. The van der Waals surface area contributed by atoms with E-state index in [0.29, 0.717) is 12.0 Å². The van der Waals surface area contributed by atoms with Crippen molar-refractivity contribution in [2.75, 3.05) is 26.2 Å². The van der Waals surface area contributed by atoms with E-state index < -0.39 is 0 Å². The van der Waals surface area contributed by atoms with Gasteiger partial charge in [-0.3, -0.25) is 4.90 Å². The maximum Gasteiger partial charge on any atom is 0.119 e. The molecule has 0 saturated carbocycles. The Morgan fingerprint density at radius 3 is 3.00 bits per heavy atom. The maximum absolute atomic E-state index is 5.90. The fourth-order valence-corrected chi connectivity index (χ4v) is 2.98. The van der Waals surface area contributed by atoms with Gasteiger partial charge in [-0.05, 0) is 49.9 Å². The quantitative estimate of drug-likeness (QED) is 0.885. The Morgan fingerprint density at radius 2 is 2.26 bits per heavy atom. The third kappa shape index (κ3) is 3.95. The number of piperidine rings is 1. The standard InChI is InChI=1S/C16H26N2O/c1-13-5-3-7-15(11-13)19-10-9-18-8-4-6-14(2)16(18)12-17/h3,5,7,11,14,16H,4,6,8-10,12,17H2,1-2H3. The summed E-state index contributed by atoms with van der Waals surface area (Å²) in [5, 5.41) is 0. The van der Waals surface area contributed by atoms with Crippen molar-refractivity contribution in [1.29, 1.82) is 0 Å². The number of nitrogens with two attached hydrogens (primary N) is 1. The second-order valence-corrected chi connectivity index (χ2v) is 5.62. The molecule has 0 spiro atoms. The van der Waals surface area contributed by atoms with Crippen LogP contribution in [0.25, 0.3) is 0 Å². The molecule has 2 rings (SSSR count). The van der Waals surface area contributed by atoms with Gasteiger partial charge >= 0.3 is 0 Å². The Hall–Kier alpha value is -1.06. The average molecular weight is 262 g/mol. The lowest BCUT2D eigenvalue weighted by molar-refractivity contribution is 0.0895. The first-order chi connectivity index (χ1) is 9.20. The number of ether oxygens (including phenoxy) is 1. The first-order valence-corrected chi connectivity index (χ1v) is 7.34. The summed E-state index contributed by atoms with van der Waals surface area (Å²) in [6.45, 7) is 8.02. The van der Waals surface area contributed by atoms with Crippen molar-refractivity contribution < 1.29 is 4.74 Å². The van der Waals surface area contributed by atoms with Crippen molar-refractivity contribution in [2.24, 2.45) is 11.7 Å². The van der Waals surface area contributed by atoms with Crippen LogP contribution in [0, 0.1) is 12.8 Å². The Bertz CT molecular complexity index is 394. The van der Waals surface area contributed by atoms with Crippen LogP contribution in [-0.2, 0) is 0 Å². The molecule has 0 amide bonds. The summed E-state index contributed by atoms with van der Waals surface area (Å²) in [7, 11) is 0. The van der Waals surface area contributed by atoms with Gasteiger partial charge in [-0.1, -0.05) is 19.1 Å². The molecule has 19 heavy (non-hydrogen) atoms. The van der Waals surface area contributed by atoms with Crippen LogP contribution in [0.2, 0.25) is 0 Å². The van der Waals surface area contributed by atoms with E-state index >= 15 is 0 Å². The molecule has 1 aliphatic heterocycles. The highest BCUT2D eigenvalue weighted by Gasteiger charge is 2.26. The van der Waals surface area contributed by atoms with Gasteiger partial charge < -0.3 is 10.5 Å². The highest BCUT2D eigenvalue weighted by molar-refractivity contribution is 5.27. The summed E-state index contributed by atoms with van der Waals surface area (Å²) < 4.78 is 5.84. The van der Waals surface area contributed by atoms with Crippen LogP contribution in [0.5, 0.6) is 5.75 Å². The summed E-state index contributed by atoms with van der Waals surface area (Å²) in [6.07, 6.45) is 2.58. The molecular formula is C16H26N2O. The van der Waals surface area contributed by atoms with Gasteiger partial charge in [-0.2, -0.15) is 0 Å². The minimum atomic E-state index is 0.523. The van der Waals surface area contributed by atoms with Crippen molar-refractivity contribution in [1.82, 2.24) is 4.90 Å². The average Bonchev–Trinajstić information content (AvgIpc) is 2.39. The second kappa shape index (κ2) is 6.92. The van der Waals surface area contributed by atoms with Crippen LogP contribution in [0.3, 0.4) is 0 Å². The van der Waals surface area contributed by atoms with E-state index in [1.54, 1.807) is 0 Å². The topological polar surface area (TPSA) is 38.5 Å². The Labute approximate surface area is 116 Å². The predicted molar refractivity (Wildman–Crippen MR) is 79.5 cm³/mol. The van der Waals surface area contributed by atoms with Crippen LogP contribution < -0.4 is 10.5 Å². The van der Waals surface area contributed by atoms with Crippen LogP contribution in [0.15, 0.2) is 24.3 Å². The zero-order valence-electron chi connectivity index (χ0n) is 12.1. The summed E-state index contributed by atoms with van der Waals surface area (Å²) in [5.74, 6) is 1.67. The minimum absolute atomic E-state index is 0.523. The molecule has 0 aromatic heterocycles. The molecule has 1 fully saturated rings. The van der Waals surface area contributed by atoms with E-state index in [1.165, 1.54) is 18.4 Å². The molecule has 1 aliphatic rings. The van der Waals surface area contributed by atoms with Gasteiger partial charge in [0.2, 0.25) is 0 Å². The third-order valence-electron chi connectivity index (χ3n) is 4.11. The van der Waals surface area contributed by atoms with E-state index in [9.17, 15) is 0 Å². The fourth-order valence-electron chi connectivity index (χ4n) is 2.98. The van der Waals surface area contributed by atoms with Crippen molar-refractivity contribution in [2.45, 2.75) is 32.7 Å². The molecule has 2 N–H and O–H groups in total. The van der Waals surface area contributed by atoms with Gasteiger partial charge in [0.05, 0.1) is 0 Å². The molecular weight excluding hydrogens is 236 g/mol. The second-order valence-electron chi connectivity index (χ2n) is 5.62. The number of aryl methyl sites for hydroxylation is 1. The maximum atomic E-state index is 5.90. The molecule has 2 unspecified atom stereocenters. The molecule has 0 bridgehead atoms. The van der Waals surface area contributed by atoms with Gasteiger partial charge in [0.15, 0.2) is 0 Å². The number of rotatable bonds is 5. The molecule has 106 valence electrons. The molecule has 1 aromatic rings. The van der Waals surface area contributed by atoms with Crippen molar-refractivity contribution in [3.63, 3.8) is 0 Å². The van der Waals surface area contributed by atoms with Crippen molar-refractivity contribution in [3.8, 4) is 5.75 Å². The zero-order chi connectivity index (χ0) is 13.7. The molecule has 2 atom stereocenters. The van der Waals surface area contributed by atoms with Crippen LogP contribution in [0.1, 0.15) is 25.3 Å². The molecule has 0 aliphatic carbocycles. The molecule has 0 radical (unpaired) electrons. The summed E-state index contributed by atoms with van der Waals surface area (Å²) in [4.78, 5) is 2.49. The van der Waals surface area contributed by atoms with E-state index in [4.69, 9.17) is 10.5 Å². The van der Waals surface area contributed by atoms with Crippen LogP contribution in [0.4, 0.5) is 0 Å². The van der Waals surface area contributed by atoms with Crippen molar-refractivity contribution >= 4 is 0 Å². The van der Waals surface area contributed by atoms with Crippen LogP contribution in [-0.4, -0.2) is 37.2 Å².